The number of amides is 2. The van der Waals surface area contributed by atoms with Crippen molar-refractivity contribution in [3.8, 4) is 0 Å². The van der Waals surface area contributed by atoms with Gasteiger partial charge in [0.05, 0.1) is 0 Å². The zero-order valence-electron chi connectivity index (χ0n) is 15.5. The molecule has 0 fully saturated rings. The van der Waals surface area contributed by atoms with Crippen molar-refractivity contribution in [2.45, 2.75) is 13.3 Å². The number of nitrogens with zero attached hydrogens (tertiary/aromatic N) is 1. The third-order valence-corrected chi connectivity index (χ3v) is 4.44. The Morgan fingerprint density at radius 1 is 0.852 bits per heavy atom. The van der Waals surface area contributed by atoms with Gasteiger partial charge in [0, 0.05) is 29.5 Å². The van der Waals surface area contributed by atoms with Crippen LogP contribution in [0.2, 0.25) is 0 Å². The summed E-state index contributed by atoms with van der Waals surface area (Å²) in [5.74, 6) is -0.403. The molecule has 0 aliphatic rings. The molecule has 0 aliphatic heterocycles. The molecule has 0 aromatic heterocycles. The van der Waals surface area contributed by atoms with Gasteiger partial charge in [-0.05, 0) is 54.4 Å². The number of rotatable bonds is 5. The van der Waals surface area contributed by atoms with E-state index >= 15 is 0 Å². The molecular formula is C23H22N2O2. The van der Waals surface area contributed by atoms with Gasteiger partial charge in [0.25, 0.3) is 11.8 Å². The molecule has 0 saturated heterocycles. The fourth-order valence-corrected chi connectivity index (χ4v) is 2.78. The number of anilines is 2. The van der Waals surface area contributed by atoms with Crippen LogP contribution in [0.1, 0.15) is 33.2 Å². The van der Waals surface area contributed by atoms with Crippen LogP contribution < -0.4 is 10.2 Å². The average Bonchev–Trinajstić information content (AvgIpc) is 2.74. The fourth-order valence-electron chi connectivity index (χ4n) is 2.78. The summed E-state index contributed by atoms with van der Waals surface area (Å²) >= 11 is 0. The van der Waals surface area contributed by atoms with Crippen LogP contribution in [0.3, 0.4) is 0 Å². The van der Waals surface area contributed by atoms with Crippen LogP contribution >= 0.6 is 0 Å². The highest BCUT2D eigenvalue weighted by Crippen LogP contribution is 2.17. The first-order valence-corrected chi connectivity index (χ1v) is 8.92. The lowest BCUT2D eigenvalue weighted by molar-refractivity contribution is 0.0993. The Balaban J connectivity index is 1.76. The molecule has 0 radical (unpaired) electrons. The van der Waals surface area contributed by atoms with Gasteiger partial charge in [0.15, 0.2) is 0 Å². The lowest BCUT2D eigenvalue weighted by Crippen LogP contribution is -2.26. The number of carbonyl (C=O) groups excluding carboxylic acids is 2. The molecule has 0 aliphatic carbocycles. The molecule has 2 amide bonds. The molecule has 0 unspecified atom stereocenters. The third kappa shape index (κ3) is 4.42. The smallest absolute Gasteiger partial charge is 0.258 e. The second-order valence-electron chi connectivity index (χ2n) is 6.29. The molecule has 3 aromatic carbocycles. The second-order valence-corrected chi connectivity index (χ2v) is 6.29. The van der Waals surface area contributed by atoms with E-state index in [2.05, 4.69) is 12.2 Å². The Kier molecular flexibility index (Phi) is 5.67. The maximum Gasteiger partial charge on any atom is 0.258 e. The molecule has 4 heteroatoms. The Morgan fingerprint density at radius 3 is 2.19 bits per heavy atom. The monoisotopic (exact) mass is 358 g/mol. The van der Waals surface area contributed by atoms with Crippen molar-refractivity contribution in [3.05, 3.63) is 95.6 Å². The molecule has 0 atom stereocenters. The predicted octanol–water partition coefficient (Wildman–Crippen LogP) is 4.78. The highest BCUT2D eigenvalue weighted by atomic mass is 16.2. The normalized spacial score (nSPS) is 10.3. The molecule has 0 spiro atoms. The average molecular weight is 358 g/mol. The van der Waals surface area contributed by atoms with E-state index in [0.717, 1.165) is 17.8 Å². The molecule has 0 bridgehead atoms. The maximum absolute atomic E-state index is 12.7. The van der Waals surface area contributed by atoms with E-state index < -0.39 is 0 Å². The topological polar surface area (TPSA) is 49.4 Å². The molecular weight excluding hydrogens is 336 g/mol. The largest absolute Gasteiger partial charge is 0.322 e. The summed E-state index contributed by atoms with van der Waals surface area (Å²) in [5, 5.41) is 2.87. The van der Waals surface area contributed by atoms with Crippen molar-refractivity contribution in [2.24, 2.45) is 0 Å². The van der Waals surface area contributed by atoms with Crippen LogP contribution in [0.5, 0.6) is 0 Å². The number of hydrogen-bond donors (Lipinski definition) is 1. The lowest BCUT2D eigenvalue weighted by Gasteiger charge is -2.17. The van der Waals surface area contributed by atoms with E-state index in [1.807, 2.05) is 54.6 Å². The summed E-state index contributed by atoms with van der Waals surface area (Å²) in [7, 11) is 1.72. The summed E-state index contributed by atoms with van der Waals surface area (Å²) in [6.07, 6.45) is 0.952. The van der Waals surface area contributed by atoms with Gasteiger partial charge in [0.2, 0.25) is 0 Å². The van der Waals surface area contributed by atoms with Gasteiger partial charge in [0.1, 0.15) is 0 Å². The van der Waals surface area contributed by atoms with Gasteiger partial charge in [-0.1, -0.05) is 43.3 Å². The molecule has 4 nitrogen and oxygen atoms in total. The quantitative estimate of drug-likeness (QED) is 0.714. The van der Waals surface area contributed by atoms with Crippen molar-refractivity contribution < 1.29 is 9.59 Å². The summed E-state index contributed by atoms with van der Waals surface area (Å²) in [6.45, 7) is 2.09. The zero-order valence-corrected chi connectivity index (χ0v) is 15.5. The third-order valence-electron chi connectivity index (χ3n) is 4.44. The molecule has 3 aromatic rings. The van der Waals surface area contributed by atoms with Crippen LogP contribution in [-0.4, -0.2) is 18.9 Å². The SMILES string of the molecule is CCc1ccc(NC(=O)c2cccc(C(=O)N(C)c3ccccc3)c2)cc1. The number of para-hydroxylation sites is 1. The van der Waals surface area contributed by atoms with E-state index in [9.17, 15) is 9.59 Å². The van der Waals surface area contributed by atoms with Crippen LogP contribution in [0, 0.1) is 0 Å². The molecule has 0 saturated carbocycles. The first-order chi connectivity index (χ1) is 13.1. The Bertz CT molecular complexity index is 934. The Labute approximate surface area is 159 Å². The summed E-state index contributed by atoms with van der Waals surface area (Å²) < 4.78 is 0. The molecule has 1 N–H and O–H groups in total. The van der Waals surface area contributed by atoms with Gasteiger partial charge in [-0.2, -0.15) is 0 Å². The van der Waals surface area contributed by atoms with Gasteiger partial charge in [-0.3, -0.25) is 9.59 Å². The number of carbonyl (C=O) groups is 2. The number of nitrogens with one attached hydrogen (secondary N) is 1. The van der Waals surface area contributed by atoms with Gasteiger partial charge < -0.3 is 10.2 Å². The van der Waals surface area contributed by atoms with Crippen LogP contribution in [-0.2, 0) is 6.42 Å². The second kappa shape index (κ2) is 8.32. The zero-order chi connectivity index (χ0) is 19.2. The molecule has 0 heterocycles. The van der Waals surface area contributed by atoms with Gasteiger partial charge in [-0.25, -0.2) is 0 Å². The summed E-state index contributed by atoms with van der Waals surface area (Å²) in [5.41, 5.74) is 3.66. The number of hydrogen-bond acceptors (Lipinski definition) is 2. The number of benzene rings is 3. The first kappa shape index (κ1) is 18.4. The van der Waals surface area contributed by atoms with Crippen LogP contribution in [0.15, 0.2) is 78.9 Å². The minimum absolute atomic E-state index is 0.164. The molecule has 27 heavy (non-hydrogen) atoms. The highest BCUT2D eigenvalue weighted by Gasteiger charge is 2.15. The summed E-state index contributed by atoms with van der Waals surface area (Å²) in [4.78, 5) is 26.9. The first-order valence-electron chi connectivity index (χ1n) is 8.92. The lowest BCUT2D eigenvalue weighted by atomic mass is 10.1. The van der Waals surface area contributed by atoms with Crippen molar-refractivity contribution in [1.29, 1.82) is 0 Å². The molecule has 3 rings (SSSR count). The van der Waals surface area contributed by atoms with E-state index in [4.69, 9.17) is 0 Å². The van der Waals surface area contributed by atoms with Gasteiger partial charge >= 0.3 is 0 Å². The minimum Gasteiger partial charge on any atom is -0.322 e. The maximum atomic E-state index is 12.7. The standard InChI is InChI=1S/C23H22N2O2/c1-3-17-12-14-20(15-13-17)24-22(26)18-8-7-9-19(16-18)23(27)25(2)21-10-5-4-6-11-21/h4-16H,3H2,1-2H3,(H,24,26). The Morgan fingerprint density at radius 2 is 1.52 bits per heavy atom. The van der Waals surface area contributed by atoms with E-state index in [-0.39, 0.29) is 11.8 Å². The van der Waals surface area contributed by atoms with Gasteiger partial charge in [-0.15, -0.1) is 0 Å². The molecule has 136 valence electrons. The van der Waals surface area contributed by atoms with Crippen LogP contribution in [0.25, 0.3) is 0 Å². The highest BCUT2D eigenvalue weighted by molar-refractivity contribution is 6.09. The van der Waals surface area contributed by atoms with Crippen molar-refractivity contribution in [3.63, 3.8) is 0 Å². The van der Waals surface area contributed by atoms with E-state index in [1.165, 1.54) is 5.56 Å². The van der Waals surface area contributed by atoms with E-state index in [0.29, 0.717) is 11.1 Å². The van der Waals surface area contributed by atoms with E-state index in [1.54, 1.807) is 36.2 Å². The fraction of sp³-hybridized carbons (Fsp3) is 0.130. The Hall–Kier alpha value is -3.40. The number of aryl methyl sites for hydroxylation is 1. The van der Waals surface area contributed by atoms with Crippen LogP contribution in [0.4, 0.5) is 11.4 Å². The van der Waals surface area contributed by atoms with Crippen molar-refractivity contribution in [1.82, 2.24) is 0 Å². The summed E-state index contributed by atoms with van der Waals surface area (Å²) in [6, 6.07) is 23.9. The van der Waals surface area contributed by atoms with Crippen molar-refractivity contribution in [2.75, 3.05) is 17.3 Å². The predicted molar refractivity (Wildman–Crippen MR) is 109 cm³/mol. The van der Waals surface area contributed by atoms with Crippen molar-refractivity contribution >= 4 is 23.2 Å². The minimum atomic E-state index is -0.240.